The molecule has 0 aliphatic carbocycles. The van der Waals surface area contributed by atoms with Gasteiger partial charge in [0, 0.05) is 24.8 Å². The molecule has 1 aromatic rings. The zero-order chi connectivity index (χ0) is 14.0. The first-order valence-corrected chi connectivity index (χ1v) is 6.81. The molecular weight excluding hydrogens is 240 g/mol. The van der Waals surface area contributed by atoms with Crippen LogP contribution in [0, 0.1) is 0 Å². The summed E-state index contributed by atoms with van der Waals surface area (Å²) in [5.74, 6) is 0. The van der Waals surface area contributed by atoms with E-state index in [4.69, 9.17) is 10.5 Å². The van der Waals surface area contributed by atoms with E-state index in [0.717, 1.165) is 17.8 Å². The molecule has 3 N–H and O–H groups in total. The van der Waals surface area contributed by atoms with E-state index in [1.165, 1.54) is 0 Å². The molecule has 19 heavy (non-hydrogen) atoms. The molecule has 1 aliphatic heterocycles. The molecule has 1 saturated heterocycles. The fraction of sp³-hybridized carbons (Fsp3) is 0.600. The average Bonchev–Trinajstić information content (AvgIpc) is 2.36. The minimum atomic E-state index is -0.267. The van der Waals surface area contributed by atoms with Gasteiger partial charge in [-0.25, -0.2) is 0 Å². The number of nitrogens with zero attached hydrogens (tertiary/aromatic N) is 1. The standard InChI is InChI=1S/C15H24N2O2/c1-11(16)13-6-4-5-7-14(13)17-8-12(9-18)19-15(2,3)10-17/h4-7,11-12,18H,8-10,16H2,1-3H3. The molecule has 0 amide bonds. The van der Waals surface area contributed by atoms with Gasteiger partial charge in [0.2, 0.25) is 0 Å². The summed E-state index contributed by atoms with van der Waals surface area (Å²) in [5.41, 5.74) is 8.06. The molecule has 106 valence electrons. The zero-order valence-electron chi connectivity index (χ0n) is 12.0. The number of hydrogen-bond acceptors (Lipinski definition) is 4. The smallest absolute Gasteiger partial charge is 0.0988 e. The van der Waals surface area contributed by atoms with E-state index < -0.39 is 0 Å². The number of hydrogen-bond donors (Lipinski definition) is 2. The van der Waals surface area contributed by atoms with Crippen molar-refractivity contribution in [1.29, 1.82) is 0 Å². The van der Waals surface area contributed by atoms with Crippen LogP contribution >= 0.6 is 0 Å². The van der Waals surface area contributed by atoms with E-state index in [9.17, 15) is 5.11 Å². The Hall–Kier alpha value is -1.10. The number of rotatable bonds is 3. The first-order valence-electron chi connectivity index (χ1n) is 6.81. The van der Waals surface area contributed by atoms with E-state index in [0.29, 0.717) is 6.54 Å². The van der Waals surface area contributed by atoms with Gasteiger partial charge in [0.1, 0.15) is 0 Å². The third kappa shape index (κ3) is 3.26. The summed E-state index contributed by atoms with van der Waals surface area (Å²) in [5, 5.41) is 9.39. The highest BCUT2D eigenvalue weighted by molar-refractivity contribution is 5.55. The van der Waals surface area contributed by atoms with Gasteiger partial charge in [-0.2, -0.15) is 0 Å². The maximum atomic E-state index is 9.39. The molecule has 0 bridgehead atoms. The van der Waals surface area contributed by atoms with Crippen LogP contribution in [0.3, 0.4) is 0 Å². The Labute approximate surface area is 115 Å². The highest BCUT2D eigenvalue weighted by atomic mass is 16.5. The highest BCUT2D eigenvalue weighted by Crippen LogP contribution is 2.30. The summed E-state index contributed by atoms with van der Waals surface area (Å²) in [6, 6.07) is 8.19. The van der Waals surface area contributed by atoms with Crippen molar-refractivity contribution in [3.05, 3.63) is 29.8 Å². The van der Waals surface area contributed by atoms with Crippen molar-refractivity contribution in [2.24, 2.45) is 5.73 Å². The molecule has 1 aromatic carbocycles. The Balaban J connectivity index is 2.30. The highest BCUT2D eigenvalue weighted by Gasteiger charge is 2.33. The van der Waals surface area contributed by atoms with Crippen molar-refractivity contribution >= 4 is 5.69 Å². The molecule has 1 heterocycles. The third-order valence-electron chi connectivity index (χ3n) is 3.45. The average molecular weight is 264 g/mol. The Kier molecular flexibility index (Phi) is 4.13. The fourth-order valence-corrected chi connectivity index (χ4v) is 2.73. The predicted octanol–water partition coefficient (Wildman–Crippen LogP) is 1.68. The minimum absolute atomic E-state index is 0.00488. The molecule has 1 aliphatic rings. The summed E-state index contributed by atoms with van der Waals surface area (Å²) in [7, 11) is 0. The number of benzene rings is 1. The second-order valence-corrected chi connectivity index (χ2v) is 5.91. The van der Waals surface area contributed by atoms with Gasteiger partial charge in [0.25, 0.3) is 0 Å². The van der Waals surface area contributed by atoms with Crippen molar-refractivity contribution in [3.8, 4) is 0 Å². The molecule has 1 fully saturated rings. The third-order valence-corrected chi connectivity index (χ3v) is 3.45. The normalized spacial score (nSPS) is 24.3. The number of aliphatic hydroxyl groups is 1. The zero-order valence-corrected chi connectivity index (χ0v) is 12.0. The number of nitrogens with two attached hydrogens (primary N) is 1. The first kappa shape index (κ1) is 14.3. The maximum Gasteiger partial charge on any atom is 0.0988 e. The van der Waals surface area contributed by atoms with E-state index >= 15 is 0 Å². The molecule has 0 saturated carbocycles. The van der Waals surface area contributed by atoms with Crippen LogP contribution in [-0.4, -0.2) is 36.5 Å². The molecule has 4 heteroatoms. The molecule has 0 aromatic heterocycles. The molecule has 2 atom stereocenters. The number of ether oxygens (including phenoxy) is 1. The van der Waals surface area contributed by atoms with E-state index in [-0.39, 0.29) is 24.4 Å². The molecule has 2 rings (SSSR count). The Bertz CT molecular complexity index is 432. The van der Waals surface area contributed by atoms with Crippen LogP contribution < -0.4 is 10.6 Å². The van der Waals surface area contributed by atoms with Crippen LogP contribution in [0.5, 0.6) is 0 Å². The van der Waals surface area contributed by atoms with Crippen molar-refractivity contribution < 1.29 is 9.84 Å². The van der Waals surface area contributed by atoms with Gasteiger partial charge in [0.05, 0.1) is 18.3 Å². The molecule has 0 radical (unpaired) electrons. The monoisotopic (exact) mass is 264 g/mol. The van der Waals surface area contributed by atoms with Crippen LogP contribution in [0.25, 0.3) is 0 Å². The van der Waals surface area contributed by atoms with Crippen molar-refractivity contribution in [3.63, 3.8) is 0 Å². The van der Waals surface area contributed by atoms with Gasteiger partial charge in [-0.05, 0) is 32.4 Å². The van der Waals surface area contributed by atoms with Crippen molar-refractivity contribution in [2.75, 3.05) is 24.6 Å². The van der Waals surface area contributed by atoms with E-state index in [1.54, 1.807) is 0 Å². The van der Waals surface area contributed by atoms with Crippen molar-refractivity contribution in [1.82, 2.24) is 0 Å². The van der Waals surface area contributed by atoms with E-state index in [1.807, 2.05) is 19.1 Å². The topological polar surface area (TPSA) is 58.7 Å². The van der Waals surface area contributed by atoms with Crippen LogP contribution in [0.15, 0.2) is 24.3 Å². The van der Waals surface area contributed by atoms with Crippen LogP contribution in [0.1, 0.15) is 32.4 Å². The van der Waals surface area contributed by atoms with Crippen molar-refractivity contribution in [2.45, 2.75) is 38.5 Å². The van der Waals surface area contributed by atoms with Crippen LogP contribution in [0.4, 0.5) is 5.69 Å². The summed E-state index contributed by atoms with van der Waals surface area (Å²) < 4.78 is 5.85. The lowest BCUT2D eigenvalue weighted by atomic mass is 10.0. The second-order valence-electron chi connectivity index (χ2n) is 5.91. The molecule has 2 unspecified atom stereocenters. The Morgan fingerprint density at radius 2 is 2.16 bits per heavy atom. The summed E-state index contributed by atoms with van der Waals surface area (Å²) >= 11 is 0. The second kappa shape index (κ2) is 5.49. The Morgan fingerprint density at radius 3 is 2.79 bits per heavy atom. The van der Waals surface area contributed by atoms with Crippen LogP contribution in [-0.2, 0) is 4.74 Å². The predicted molar refractivity (Wildman–Crippen MR) is 77.3 cm³/mol. The van der Waals surface area contributed by atoms with Gasteiger partial charge in [-0.3, -0.25) is 0 Å². The van der Waals surface area contributed by atoms with Crippen LogP contribution in [0.2, 0.25) is 0 Å². The summed E-state index contributed by atoms with van der Waals surface area (Å²) in [6.07, 6.45) is -0.148. The maximum absolute atomic E-state index is 9.39. The number of para-hydroxylation sites is 1. The van der Waals surface area contributed by atoms with Gasteiger partial charge in [0.15, 0.2) is 0 Å². The summed E-state index contributed by atoms with van der Waals surface area (Å²) in [6.45, 7) is 7.64. The number of anilines is 1. The van der Waals surface area contributed by atoms with Gasteiger partial charge >= 0.3 is 0 Å². The number of aliphatic hydroxyl groups excluding tert-OH is 1. The lowest BCUT2D eigenvalue weighted by Gasteiger charge is -2.44. The molecule has 4 nitrogen and oxygen atoms in total. The fourth-order valence-electron chi connectivity index (χ4n) is 2.73. The van der Waals surface area contributed by atoms with E-state index in [2.05, 4.69) is 30.9 Å². The lowest BCUT2D eigenvalue weighted by molar-refractivity contribution is -0.101. The lowest BCUT2D eigenvalue weighted by Crippen LogP contribution is -2.54. The largest absolute Gasteiger partial charge is 0.394 e. The van der Waals surface area contributed by atoms with Gasteiger partial charge in [-0.1, -0.05) is 18.2 Å². The first-order chi connectivity index (χ1) is 8.93. The molecule has 0 spiro atoms. The number of morpholine rings is 1. The SMILES string of the molecule is CC(N)c1ccccc1N1CC(CO)OC(C)(C)C1. The summed E-state index contributed by atoms with van der Waals surface area (Å²) in [4.78, 5) is 2.27. The minimum Gasteiger partial charge on any atom is -0.394 e. The van der Waals surface area contributed by atoms with Gasteiger partial charge in [-0.15, -0.1) is 0 Å². The quantitative estimate of drug-likeness (QED) is 0.872. The molecular formula is C15H24N2O2. The van der Waals surface area contributed by atoms with Gasteiger partial charge < -0.3 is 20.5 Å². The Morgan fingerprint density at radius 1 is 1.47 bits per heavy atom.